The molecule has 27 heavy (non-hydrogen) atoms. The van der Waals surface area contributed by atoms with E-state index in [0.717, 1.165) is 12.1 Å². The molecule has 0 bridgehead atoms. The summed E-state index contributed by atoms with van der Waals surface area (Å²) < 4.78 is 56.0. The van der Waals surface area contributed by atoms with Crippen LogP contribution in [0.1, 0.15) is 0 Å². The molecule has 0 saturated carbocycles. The Labute approximate surface area is 153 Å². The van der Waals surface area contributed by atoms with Crippen molar-refractivity contribution in [1.29, 1.82) is 0 Å². The highest BCUT2D eigenvalue weighted by Gasteiger charge is 2.20. The fraction of sp³-hybridized carbons (Fsp3) is 0. The number of sulfonamides is 1. The Balaban J connectivity index is 1.69. The van der Waals surface area contributed by atoms with Gasteiger partial charge in [0.25, 0.3) is 10.0 Å². The summed E-state index contributed by atoms with van der Waals surface area (Å²) >= 11 is 0. The number of fused-ring (bicyclic) bond motifs is 1. The third kappa shape index (κ3) is 3.36. The molecule has 6 nitrogen and oxygen atoms in total. The van der Waals surface area contributed by atoms with E-state index < -0.39 is 26.6 Å². The molecular formula is C18H12F2N4O2S. The second-order valence-electron chi connectivity index (χ2n) is 5.71. The number of imidazole rings is 1. The van der Waals surface area contributed by atoms with E-state index in [1.54, 1.807) is 47.3 Å². The molecule has 0 aliphatic heterocycles. The van der Waals surface area contributed by atoms with Gasteiger partial charge in [0, 0.05) is 29.8 Å². The minimum absolute atomic E-state index is 0.196. The van der Waals surface area contributed by atoms with Crippen molar-refractivity contribution in [3.8, 4) is 11.3 Å². The van der Waals surface area contributed by atoms with Gasteiger partial charge < -0.3 is 0 Å². The standard InChI is InChI=1S/C18H12F2N4O2S/c19-13-5-6-15(20)17(10-13)27(25,26)23-14-4-1-3-12(9-14)16-11-24-8-2-7-21-18(24)22-16/h1-11,23H. The van der Waals surface area contributed by atoms with Crippen LogP contribution in [0.3, 0.4) is 0 Å². The Hall–Kier alpha value is -3.33. The molecule has 0 saturated heterocycles. The topological polar surface area (TPSA) is 76.4 Å². The zero-order valence-electron chi connectivity index (χ0n) is 13.7. The predicted molar refractivity (Wildman–Crippen MR) is 95.6 cm³/mol. The molecule has 2 aromatic carbocycles. The van der Waals surface area contributed by atoms with Crippen LogP contribution in [0.4, 0.5) is 14.5 Å². The highest BCUT2D eigenvalue weighted by atomic mass is 32.2. The van der Waals surface area contributed by atoms with Crippen LogP contribution in [0.2, 0.25) is 0 Å². The van der Waals surface area contributed by atoms with Gasteiger partial charge in [-0.05, 0) is 36.4 Å². The number of anilines is 1. The summed E-state index contributed by atoms with van der Waals surface area (Å²) in [5, 5.41) is 0. The van der Waals surface area contributed by atoms with Gasteiger partial charge in [0.05, 0.1) is 5.69 Å². The first-order valence-corrected chi connectivity index (χ1v) is 9.29. The van der Waals surface area contributed by atoms with Crippen molar-refractivity contribution < 1.29 is 17.2 Å². The van der Waals surface area contributed by atoms with Gasteiger partial charge in [-0.1, -0.05) is 12.1 Å². The Bertz CT molecular complexity index is 1220. The second kappa shape index (κ2) is 6.44. The maximum Gasteiger partial charge on any atom is 0.264 e. The van der Waals surface area contributed by atoms with E-state index in [1.165, 1.54) is 6.07 Å². The number of halogens is 2. The molecule has 2 heterocycles. The first-order chi connectivity index (χ1) is 12.9. The Morgan fingerprint density at radius 1 is 1.04 bits per heavy atom. The van der Waals surface area contributed by atoms with Crippen molar-refractivity contribution in [2.24, 2.45) is 0 Å². The van der Waals surface area contributed by atoms with Gasteiger partial charge in [0.1, 0.15) is 16.5 Å². The van der Waals surface area contributed by atoms with E-state index in [4.69, 9.17) is 0 Å². The minimum Gasteiger partial charge on any atom is -0.291 e. The molecule has 0 aliphatic rings. The van der Waals surface area contributed by atoms with Crippen molar-refractivity contribution in [2.75, 3.05) is 4.72 Å². The van der Waals surface area contributed by atoms with Crippen LogP contribution in [-0.4, -0.2) is 22.8 Å². The summed E-state index contributed by atoms with van der Waals surface area (Å²) in [4.78, 5) is 7.74. The molecule has 1 N–H and O–H groups in total. The molecule has 0 atom stereocenters. The van der Waals surface area contributed by atoms with Crippen molar-refractivity contribution in [3.05, 3.63) is 78.8 Å². The lowest BCUT2D eigenvalue weighted by atomic mass is 10.1. The zero-order valence-corrected chi connectivity index (χ0v) is 14.5. The van der Waals surface area contributed by atoms with E-state index in [9.17, 15) is 17.2 Å². The molecule has 0 aliphatic carbocycles. The van der Waals surface area contributed by atoms with Crippen LogP contribution in [0.25, 0.3) is 17.0 Å². The molecule has 0 unspecified atom stereocenters. The first kappa shape index (κ1) is 17.1. The largest absolute Gasteiger partial charge is 0.291 e. The maximum atomic E-state index is 13.8. The lowest BCUT2D eigenvalue weighted by Crippen LogP contribution is -2.15. The van der Waals surface area contributed by atoms with E-state index in [1.807, 2.05) is 0 Å². The molecule has 9 heteroatoms. The van der Waals surface area contributed by atoms with E-state index in [-0.39, 0.29) is 5.69 Å². The lowest BCUT2D eigenvalue weighted by Gasteiger charge is -2.10. The average Bonchev–Trinajstić information content (AvgIpc) is 3.08. The maximum absolute atomic E-state index is 13.8. The summed E-state index contributed by atoms with van der Waals surface area (Å²) in [5.74, 6) is -1.38. The summed E-state index contributed by atoms with van der Waals surface area (Å²) in [6.45, 7) is 0. The van der Waals surface area contributed by atoms with E-state index in [0.29, 0.717) is 23.1 Å². The van der Waals surface area contributed by atoms with Crippen LogP contribution in [0.15, 0.2) is 72.0 Å². The molecule has 0 fully saturated rings. The zero-order chi connectivity index (χ0) is 19.0. The molecule has 4 rings (SSSR count). The quantitative estimate of drug-likeness (QED) is 0.583. The van der Waals surface area contributed by atoms with Gasteiger partial charge >= 0.3 is 0 Å². The van der Waals surface area contributed by atoms with Crippen molar-refractivity contribution in [1.82, 2.24) is 14.4 Å². The normalized spacial score (nSPS) is 11.6. The highest BCUT2D eigenvalue weighted by Crippen LogP contribution is 2.25. The summed E-state index contributed by atoms with van der Waals surface area (Å²) in [7, 11) is -4.29. The smallest absolute Gasteiger partial charge is 0.264 e. The van der Waals surface area contributed by atoms with Gasteiger partial charge in [-0.25, -0.2) is 27.2 Å². The van der Waals surface area contributed by atoms with Crippen LogP contribution < -0.4 is 4.72 Å². The molecular weight excluding hydrogens is 374 g/mol. The van der Waals surface area contributed by atoms with Crippen LogP contribution in [-0.2, 0) is 10.0 Å². The van der Waals surface area contributed by atoms with Crippen molar-refractivity contribution in [2.45, 2.75) is 4.90 Å². The molecule has 2 aromatic heterocycles. The Kier molecular flexibility index (Phi) is 4.08. The molecule has 136 valence electrons. The molecule has 0 radical (unpaired) electrons. The lowest BCUT2D eigenvalue weighted by molar-refractivity contribution is 0.555. The van der Waals surface area contributed by atoms with Crippen molar-refractivity contribution >= 4 is 21.5 Å². The van der Waals surface area contributed by atoms with Gasteiger partial charge in [-0.2, -0.15) is 0 Å². The van der Waals surface area contributed by atoms with Crippen LogP contribution in [0.5, 0.6) is 0 Å². The Morgan fingerprint density at radius 3 is 2.70 bits per heavy atom. The third-order valence-corrected chi connectivity index (χ3v) is 5.23. The SMILES string of the molecule is O=S(=O)(Nc1cccc(-c2cn3cccnc3n2)c1)c1cc(F)ccc1F. The van der Waals surface area contributed by atoms with Crippen LogP contribution >= 0.6 is 0 Å². The third-order valence-electron chi connectivity index (χ3n) is 3.83. The number of hydrogen-bond acceptors (Lipinski definition) is 4. The first-order valence-electron chi connectivity index (χ1n) is 7.80. The average molecular weight is 386 g/mol. The number of nitrogens with zero attached hydrogens (tertiary/aromatic N) is 3. The summed E-state index contributed by atoms with van der Waals surface area (Å²) in [6.07, 6.45) is 5.16. The number of benzene rings is 2. The van der Waals surface area contributed by atoms with E-state index in [2.05, 4.69) is 14.7 Å². The Morgan fingerprint density at radius 2 is 1.89 bits per heavy atom. The van der Waals surface area contributed by atoms with Crippen molar-refractivity contribution in [3.63, 3.8) is 0 Å². The second-order valence-corrected chi connectivity index (χ2v) is 7.36. The van der Waals surface area contributed by atoms with Gasteiger partial charge in [0.2, 0.25) is 5.78 Å². The number of aromatic nitrogens is 3. The predicted octanol–water partition coefficient (Wildman–Crippen LogP) is 3.48. The van der Waals surface area contributed by atoms with Gasteiger partial charge in [-0.15, -0.1) is 0 Å². The summed E-state index contributed by atoms with van der Waals surface area (Å²) in [5.41, 5.74) is 1.42. The van der Waals surface area contributed by atoms with E-state index >= 15 is 0 Å². The van der Waals surface area contributed by atoms with Gasteiger partial charge in [-0.3, -0.25) is 9.12 Å². The monoisotopic (exact) mass is 386 g/mol. The van der Waals surface area contributed by atoms with Crippen LogP contribution in [0, 0.1) is 11.6 Å². The van der Waals surface area contributed by atoms with Gasteiger partial charge in [0.15, 0.2) is 0 Å². The number of nitrogens with one attached hydrogen (secondary N) is 1. The molecule has 0 spiro atoms. The number of hydrogen-bond donors (Lipinski definition) is 1. The molecule has 4 aromatic rings. The highest BCUT2D eigenvalue weighted by molar-refractivity contribution is 7.92. The summed E-state index contributed by atoms with van der Waals surface area (Å²) in [6, 6.07) is 10.5. The fourth-order valence-electron chi connectivity index (χ4n) is 2.60. The fourth-order valence-corrected chi connectivity index (χ4v) is 3.74. The molecule has 0 amide bonds. The minimum atomic E-state index is -4.29. The number of rotatable bonds is 4.